The first kappa shape index (κ1) is 26.8. The van der Waals surface area contributed by atoms with Gasteiger partial charge in [-0.1, -0.05) is 19.1 Å². The molecule has 2 aliphatic rings. The summed E-state index contributed by atoms with van der Waals surface area (Å²) in [6.45, 7) is 6.40. The molecule has 2 heterocycles. The van der Waals surface area contributed by atoms with E-state index < -0.39 is 15.9 Å². The largest absolute Gasteiger partial charge is 0.367 e. The minimum absolute atomic E-state index is 0.164. The molecule has 2 aromatic carbocycles. The van der Waals surface area contributed by atoms with Gasteiger partial charge in [-0.3, -0.25) is 4.31 Å². The SMILES string of the molecule is CCN1CCN(c2ccc(Nc3nc4c(c(Nc5ccccc5N(C)S(C)(=O)=O)n3)C(F)=CC4)cc2F)CC1. The van der Waals surface area contributed by atoms with Gasteiger partial charge in [-0.2, -0.15) is 4.98 Å². The molecule has 0 atom stereocenters. The Hall–Kier alpha value is -3.77. The highest BCUT2D eigenvalue weighted by atomic mass is 32.2. The Morgan fingerprint density at radius 2 is 1.77 bits per heavy atom. The fraction of sp³-hybridized carbons (Fsp3) is 0.333. The zero-order valence-corrected chi connectivity index (χ0v) is 22.9. The van der Waals surface area contributed by atoms with E-state index in [1.807, 2.05) is 4.90 Å². The average molecular weight is 556 g/mol. The highest BCUT2D eigenvalue weighted by molar-refractivity contribution is 7.92. The number of rotatable bonds is 8. The van der Waals surface area contributed by atoms with Gasteiger partial charge in [-0.15, -0.1) is 0 Å². The second-order valence-electron chi connectivity index (χ2n) is 9.56. The van der Waals surface area contributed by atoms with Crippen LogP contribution in [-0.4, -0.2) is 69.3 Å². The second kappa shape index (κ2) is 10.8. The zero-order valence-electron chi connectivity index (χ0n) is 22.1. The van der Waals surface area contributed by atoms with Crippen LogP contribution in [0.15, 0.2) is 48.5 Å². The lowest BCUT2D eigenvalue weighted by Crippen LogP contribution is -2.46. The quantitative estimate of drug-likeness (QED) is 0.420. The first-order valence-corrected chi connectivity index (χ1v) is 14.6. The molecule has 206 valence electrons. The number of anilines is 6. The molecule has 1 fully saturated rings. The van der Waals surface area contributed by atoms with Crippen molar-refractivity contribution in [3.05, 3.63) is 65.6 Å². The molecule has 0 unspecified atom stereocenters. The molecule has 39 heavy (non-hydrogen) atoms. The highest BCUT2D eigenvalue weighted by Gasteiger charge is 2.25. The molecular formula is C27H31F2N7O2S. The summed E-state index contributed by atoms with van der Waals surface area (Å²) in [5.74, 6) is -0.479. The number of halogens is 2. The van der Waals surface area contributed by atoms with Crippen LogP contribution in [0.25, 0.3) is 5.83 Å². The van der Waals surface area contributed by atoms with Crippen molar-refractivity contribution in [3.8, 4) is 0 Å². The molecule has 3 aromatic rings. The summed E-state index contributed by atoms with van der Waals surface area (Å²) in [5, 5.41) is 6.13. The summed E-state index contributed by atoms with van der Waals surface area (Å²) < 4.78 is 55.4. The van der Waals surface area contributed by atoms with Gasteiger partial charge in [0.15, 0.2) is 0 Å². The first-order valence-electron chi connectivity index (χ1n) is 12.7. The molecular weight excluding hydrogens is 524 g/mol. The van der Waals surface area contributed by atoms with Crippen LogP contribution in [0.3, 0.4) is 0 Å². The van der Waals surface area contributed by atoms with E-state index in [9.17, 15) is 12.8 Å². The minimum Gasteiger partial charge on any atom is -0.367 e. The summed E-state index contributed by atoms with van der Waals surface area (Å²) in [5.41, 5.74) is 2.49. The molecule has 1 saturated heterocycles. The standard InChI is InChI=1S/C27H31F2N7O2S/c1-4-35-13-15-36(16-14-35)23-12-9-18(17-20(23)29)30-27-32-22-11-10-19(28)25(22)26(33-27)31-21-7-5-6-8-24(21)34(2)39(3,37)38/h5-10,12,17H,4,11,13-16H2,1-3H3,(H2,30,31,32,33). The van der Waals surface area contributed by atoms with Crippen LogP contribution < -0.4 is 19.8 Å². The highest BCUT2D eigenvalue weighted by Crippen LogP contribution is 2.37. The van der Waals surface area contributed by atoms with Crippen LogP contribution in [0, 0.1) is 5.82 Å². The molecule has 0 amide bonds. The molecule has 2 N–H and O–H groups in total. The molecule has 1 aromatic heterocycles. The summed E-state index contributed by atoms with van der Waals surface area (Å²) in [4.78, 5) is 13.3. The third-order valence-corrected chi connectivity index (χ3v) is 8.25. The van der Waals surface area contributed by atoms with Gasteiger partial charge in [0.2, 0.25) is 16.0 Å². The summed E-state index contributed by atoms with van der Waals surface area (Å²) >= 11 is 0. The van der Waals surface area contributed by atoms with E-state index in [0.29, 0.717) is 28.4 Å². The van der Waals surface area contributed by atoms with E-state index in [1.54, 1.807) is 36.4 Å². The number of hydrogen-bond acceptors (Lipinski definition) is 8. The van der Waals surface area contributed by atoms with Gasteiger partial charge in [0.25, 0.3) is 0 Å². The van der Waals surface area contributed by atoms with E-state index in [4.69, 9.17) is 0 Å². The van der Waals surface area contributed by atoms with Crippen molar-refractivity contribution in [3.63, 3.8) is 0 Å². The van der Waals surface area contributed by atoms with E-state index in [1.165, 1.54) is 19.2 Å². The summed E-state index contributed by atoms with van der Waals surface area (Å²) in [6.07, 6.45) is 2.79. The number of para-hydroxylation sites is 2. The number of hydrogen-bond donors (Lipinski definition) is 2. The van der Waals surface area contributed by atoms with E-state index in [0.717, 1.165) is 43.3 Å². The molecule has 12 heteroatoms. The van der Waals surface area contributed by atoms with Crippen LogP contribution in [0.1, 0.15) is 18.2 Å². The fourth-order valence-corrected chi connectivity index (χ4v) is 5.29. The van der Waals surface area contributed by atoms with E-state index >= 15 is 4.39 Å². The Morgan fingerprint density at radius 1 is 1.03 bits per heavy atom. The van der Waals surface area contributed by atoms with Crippen LogP contribution in [0.4, 0.5) is 43.3 Å². The Morgan fingerprint density at radius 3 is 2.46 bits per heavy atom. The molecule has 5 rings (SSSR count). The molecule has 0 bridgehead atoms. The number of aromatic nitrogens is 2. The number of piperazine rings is 1. The van der Waals surface area contributed by atoms with Gasteiger partial charge >= 0.3 is 0 Å². The fourth-order valence-electron chi connectivity index (χ4n) is 4.78. The molecule has 1 aliphatic heterocycles. The Labute approximate surface area is 227 Å². The number of likely N-dealkylation sites (N-methyl/N-ethyl adjacent to an activating group) is 1. The lowest BCUT2D eigenvalue weighted by Gasteiger charge is -2.35. The molecule has 0 radical (unpaired) electrons. The van der Waals surface area contributed by atoms with Crippen molar-refractivity contribution in [1.29, 1.82) is 0 Å². The zero-order chi connectivity index (χ0) is 27.7. The number of nitrogens with one attached hydrogen (secondary N) is 2. The topological polar surface area (TPSA) is 93.7 Å². The molecule has 0 saturated carbocycles. The van der Waals surface area contributed by atoms with Crippen LogP contribution >= 0.6 is 0 Å². The number of benzene rings is 2. The van der Waals surface area contributed by atoms with Crippen molar-refractivity contribution in [2.24, 2.45) is 0 Å². The maximum atomic E-state index is 15.1. The smallest absolute Gasteiger partial charge is 0.232 e. The van der Waals surface area contributed by atoms with Crippen LogP contribution in [-0.2, 0) is 16.4 Å². The average Bonchev–Trinajstić information content (AvgIpc) is 3.29. The lowest BCUT2D eigenvalue weighted by atomic mass is 10.2. The number of allylic oxidation sites excluding steroid dienone is 1. The van der Waals surface area contributed by atoms with Gasteiger partial charge in [0.05, 0.1) is 34.6 Å². The van der Waals surface area contributed by atoms with Gasteiger partial charge in [-0.05, 0) is 43.0 Å². The van der Waals surface area contributed by atoms with Crippen LogP contribution in [0.5, 0.6) is 0 Å². The second-order valence-corrected chi connectivity index (χ2v) is 11.6. The third kappa shape index (κ3) is 5.66. The normalized spacial score (nSPS) is 15.6. The first-order chi connectivity index (χ1) is 18.6. The molecule has 9 nitrogen and oxygen atoms in total. The van der Waals surface area contributed by atoms with Crippen molar-refractivity contribution < 1.29 is 17.2 Å². The molecule has 1 aliphatic carbocycles. The van der Waals surface area contributed by atoms with Crippen molar-refractivity contribution in [1.82, 2.24) is 14.9 Å². The van der Waals surface area contributed by atoms with Crippen molar-refractivity contribution in [2.45, 2.75) is 13.3 Å². The minimum atomic E-state index is -3.54. The van der Waals surface area contributed by atoms with Crippen molar-refractivity contribution in [2.75, 3.05) is 65.9 Å². The van der Waals surface area contributed by atoms with Gasteiger partial charge in [-0.25, -0.2) is 22.2 Å². The number of nitrogens with zero attached hydrogens (tertiary/aromatic N) is 5. The lowest BCUT2D eigenvalue weighted by molar-refractivity contribution is 0.270. The van der Waals surface area contributed by atoms with Gasteiger partial charge in [0, 0.05) is 45.3 Å². The Kier molecular flexibility index (Phi) is 7.41. The monoisotopic (exact) mass is 555 g/mol. The number of fused-ring (bicyclic) bond motifs is 1. The summed E-state index contributed by atoms with van der Waals surface area (Å²) in [7, 11) is -2.10. The third-order valence-electron chi connectivity index (χ3n) is 7.06. The predicted octanol–water partition coefficient (Wildman–Crippen LogP) is 4.51. The van der Waals surface area contributed by atoms with E-state index in [-0.39, 0.29) is 29.6 Å². The van der Waals surface area contributed by atoms with E-state index in [2.05, 4.69) is 32.4 Å². The van der Waals surface area contributed by atoms with Gasteiger partial charge in [0.1, 0.15) is 17.5 Å². The Balaban J connectivity index is 1.42. The van der Waals surface area contributed by atoms with Crippen LogP contribution in [0.2, 0.25) is 0 Å². The molecule has 0 spiro atoms. The number of sulfonamides is 1. The van der Waals surface area contributed by atoms with Gasteiger partial charge < -0.3 is 20.4 Å². The maximum absolute atomic E-state index is 15.1. The summed E-state index contributed by atoms with van der Waals surface area (Å²) in [6, 6.07) is 11.7. The Bertz CT molecular complexity index is 1520. The maximum Gasteiger partial charge on any atom is 0.232 e. The predicted molar refractivity (Wildman–Crippen MR) is 152 cm³/mol. The van der Waals surface area contributed by atoms with Crippen molar-refractivity contribution >= 4 is 50.4 Å².